The predicted octanol–water partition coefficient (Wildman–Crippen LogP) is 4.01. The van der Waals surface area contributed by atoms with Gasteiger partial charge in [-0.05, 0) is 30.0 Å². The summed E-state index contributed by atoms with van der Waals surface area (Å²) < 4.78 is 37.0. The fourth-order valence-corrected chi connectivity index (χ4v) is 1.90. The molecule has 1 aliphatic rings. The maximum Gasteiger partial charge on any atom is 0.416 e. The number of halogens is 3. The molecule has 1 aliphatic carbocycles. The van der Waals surface area contributed by atoms with E-state index in [2.05, 4.69) is 0 Å². The van der Waals surface area contributed by atoms with Crippen molar-refractivity contribution in [2.24, 2.45) is 5.92 Å². The van der Waals surface area contributed by atoms with E-state index < -0.39 is 11.7 Å². The van der Waals surface area contributed by atoms with Gasteiger partial charge in [0.15, 0.2) is 0 Å². The highest BCUT2D eigenvalue weighted by Crippen LogP contribution is 2.33. The maximum atomic E-state index is 12.3. The minimum absolute atomic E-state index is 0.113. The first-order valence-corrected chi connectivity index (χ1v) is 6.13. The van der Waals surface area contributed by atoms with Crippen LogP contribution in [0.25, 0.3) is 0 Å². The third-order valence-electron chi connectivity index (χ3n) is 3.21. The first-order valence-electron chi connectivity index (χ1n) is 6.13. The molecule has 1 aromatic carbocycles. The van der Waals surface area contributed by atoms with E-state index in [4.69, 9.17) is 0 Å². The summed E-state index contributed by atoms with van der Waals surface area (Å²) in [6, 6.07) is 4.84. The molecule has 2 rings (SSSR count). The third-order valence-corrected chi connectivity index (χ3v) is 3.21. The van der Waals surface area contributed by atoms with Gasteiger partial charge in [-0.1, -0.05) is 25.0 Å². The van der Waals surface area contributed by atoms with Crippen LogP contribution in [0.4, 0.5) is 13.2 Å². The third kappa shape index (κ3) is 3.86. The number of rotatable bonds is 5. The summed E-state index contributed by atoms with van der Waals surface area (Å²) >= 11 is 0. The monoisotopic (exact) mass is 256 g/mol. The molecule has 1 fully saturated rings. The van der Waals surface area contributed by atoms with Crippen LogP contribution in [0.15, 0.2) is 24.3 Å². The zero-order valence-electron chi connectivity index (χ0n) is 9.96. The van der Waals surface area contributed by atoms with Crippen molar-refractivity contribution in [1.29, 1.82) is 0 Å². The molecule has 1 aromatic rings. The van der Waals surface area contributed by atoms with Gasteiger partial charge in [0.2, 0.25) is 0 Å². The summed E-state index contributed by atoms with van der Waals surface area (Å²) in [4.78, 5) is 11.6. The zero-order chi connectivity index (χ0) is 13.2. The van der Waals surface area contributed by atoms with Crippen molar-refractivity contribution in [2.75, 3.05) is 0 Å². The molecule has 4 heteroatoms. The van der Waals surface area contributed by atoms with Gasteiger partial charge in [0, 0.05) is 12.8 Å². The molecule has 0 aromatic heterocycles. The maximum absolute atomic E-state index is 12.3. The van der Waals surface area contributed by atoms with E-state index in [0.717, 1.165) is 18.6 Å². The standard InChI is InChI=1S/C14H15F3O/c15-14(16,17)12-6-3-11(4-7-12)9-13(18)8-5-10-1-2-10/h3-4,6-7,10H,1-2,5,8-9H2. The predicted molar refractivity (Wildman–Crippen MR) is 62.1 cm³/mol. The first-order chi connectivity index (χ1) is 8.45. The van der Waals surface area contributed by atoms with Crippen molar-refractivity contribution in [1.82, 2.24) is 0 Å². The Hall–Kier alpha value is -1.32. The summed E-state index contributed by atoms with van der Waals surface area (Å²) in [7, 11) is 0. The molecule has 1 saturated carbocycles. The van der Waals surface area contributed by atoms with E-state index in [0.29, 0.717) is 17.9 Å². The number of hydrogen-bond donors (Lipinski definition) is 0. The molecule has 0 unspecified atom stereocenters. The second-order valence-electron chi connectivity index (χ2n) is 4.89. The minimum atomic E-state index is -4.31. The van der Waals surface area contributed by atoms with Crippen LogP contribution in [-0.4, -0.2) is 5.78 Å². The Kier molecular flexibility index (Phi) is 3.73. The van der Waals surface area contributed by atoms with Crippen molar-refractivity contribution in [3.8, 4) is 0 Å². The summed E-state index contributed by atoms with van der Waals surface area (Å²) in [6.45, 7) is 0. The molecule has 0 bridgehead atoms. The summed E-state index contributed by atoms with van der Waals surface area (Å²) in [5.41, 5.74) is -0.0134. The minimum Gasteiger partial charge on any atom is -0.299 e. The zero-order valence-corrected chi connectivity index (χ0v) is 9.96. The van der Waals surface area contributed by atoms with Gasteiger partial charge < -0.3 is 0 Å². The van der Waals surface area contributed by atoms with E-state index >= 15 is 0 Å². The number of carbonyl (C=O) groups excluding carboxylic acids is 1. The SMILES string of the molecule is O=C(CCC1CC1)Cc1ccc(C(F)(F)F)cc1. The van der Waals surface area contributed by atoms with Crippen LogP contribution in [0, 0.1) is 5.92 Å². The number of Topliss-reactive ketones (excluding diaryl/α,β-unsaturated/α-hetero) is 1. The second kappa shape index (κ2) is 5.12. The molecule has 0 amide bonds. The Labute approximate surface area is 104 Å². The molecule has 98 valence electrons. The fraction of sp³-hybridized carbons (Fsp3) is 0.500. The highest BCUT2D eigenvalue weighted by atomic mass is 19.4. The molecular weight excluding hydrogens is 241 g/mol. The van der Waals surface area contributed by atoms with Crippen molar-refractivity contribution in [3.05, 3.63) is 35.4 Å². The second-order valence-corrected chi connectivity index (χ2v) is 4.89. The van der Waals surface area contributed by atoms with Crippen molar-refractivity contribution in [2.45, 2.75) is 38.3 Å². The Balaban J connectivity index is 1.87. The van der Waals surface area contributed by atoms with Gasteiger partial charge in [-0.2, -0.15) is 13.2 Å². The summed E-state index contributed by atoms with van der Waals surface area (Å²) in [6.07, 6.45) is -0.161. The Morgan fingerprint density at radius 2 is 1.78 bits per heavy atom. The van der Waals surface area contributed by atoms with Crippen LogP contribution in [0.2, 0.25) is 0 Å². The van der Waals surface area contributed by atoms with Crippen LogP contribution in [0.5, 0.6) is 0 Å². The Morgan fingerprint density at radius 3 is 2.28 bits per heavy atom. The van der Waals surface area contributed by atoms with Gasteiger partial charge in [-0.15, -0.1) is 0 Å². The summed E-state index contributed by atoms with van der Waals surface area (Å²) in [5.74, 6) is 0.822. The topological polar surface area (TPSA) is 17.1 Å². The summed E-state index contributed by atoms with van der Waals surface area (Å²) in [5, 5.41) is 0. The molecule has 1 nitrogen and oxygen atoms in total. The van der Waals surface area contributed by atoms with Crippen LogP contribution < -0.4 is 0 Å². The van der Waals surface area contributed by atoms with Gasteiger partial charge in [0.05, 0.1) is 5.56 Å². The first kappa shape index (κ1) is 13.1. The lowest BCUT2D eigenvalue weighted by Gasteiger charge is -2.07. The highest BCUT2D eigenvalue weighted by molar-refractivity contribution is 5.80. The molecule has 0 saturated heterocycles. The number of carbonyl (C=O) groups is 1. The van der Waals surface area contributed by atoms with E-state index in [1.54, 1.807) is 0 Å². The number of alkyl halides is 3. The van der Waals surface area contributed by atoms with Gasteiger partial charge in [0.1, 0.15) is 5.78 Å². The number of ketones is 1. The largest absolute Gasteiger partial charge is 0.416 e. The lowest BCUT2D eigenvalue weighted by Crippen LogP contribution is -2.06. The average molecular weight is 256 g/mol. The molecule has 0 N–H and O–H groups in total. The van der Waals surface area contributed by atoms with E-state index in [9.17, 15) is 18.0 Å². The Morgan fingerprint density at radius 1 is 1.17 bits per heavy atom. The molecule has 0 atom stereocenters. The lowest BCUT2D eigenvalue weighted by atomic mass is 10.0. The van der Waals surface area contributed by atoms with Crippen LogP contribution in [-0.2, 0) is 17.4 Å². The van der Waals surface area contributed by atoms with Gasteiger partial charge >= 0.3 is 6.18 Å². The molecule has 0 spiro atoms. The number of benzene rings is 1. The molecule has 0 aliphatic heterocycles. The van der Waals surface area contributed by atoms with Crippen LogP contribution in [0.1, 0.15) is 36.8 Å². The van der Waals surface area contributed by atoms with Gasteiger partial charge in [-0.3, -0.25) is 4.79 Å². The lowest BCUT2D eigenvalue weighted by molar-refractivity contribution is -0.137. The van der Waals surface area contributed by atoms with Crippen molar-refractivity contribution >= 4 is 5.78 Å². The molecule has 0 heterocycles. The molecule has 0 radical (unpaired) electrons. The van der Waals surface area contributed by atoms with E-state index in [1.807, 2.05) is 0 Å². The van der Waals surface area contributed by atoms with Gasteiger partial charge in [-0.25, -0.2) is 0 Å². The normalized spacial score (nSPS) is 15.7. The quantitative estimate of drug-likeness (QED) is 0.778. The van der Waals surface area contributed by atoms with Crippen molar-refractivity contribution in [3.63, 3.8) is 0 Å². The highest BCUT2D eigenvalue weighted by Gasteiger charge is 2.30. The average Bonchev–Trinajstić information content (AvgIpc) is 3.09. The van der Waals surface area contributed by atoms with Crippen molar-refractivity contribution < 1.29 is 18.0 Å². The smallest absolute Gasteiger partial charge is 0.299 e. The van der Waals surface area contributed by atoms with E-state index in [-0.39, 0.29) is 12.2 Å². The Bertz CT molecular complexity index is 416. The molecular formula is C14H15F3O. The van der Waals surface area contributed by atoms with Crippen LogP contribution in [0.3, 0.4) is 0 Å². The molecule has 18 heavy (non-hydrogen) atoms. The number of hydrogen-bond acceptors (Lipinski definition) is 1. The van der Waals surface area contributed by atoms with E-state index in [1.165, 1.54) is 25.0 Å². The van der Waals surface area contributed by atoms with Gasteiger partial charge in [0.25, 0.3) is 0 Å². The fourth-order valence-electron chi connectivity index (χ4n) is 1.90. The van der Waals surface area contributed by atoms with Crippen LogP contribution >= 0.6 is 0 Å².